The highest BCUT2D eigenvalue weighted by atomic mass is 32.1. The first-order chi connectivity index (χ1) is 8.81. The third-order valence-electron chi connectivity index (χ3n) is 3.41. The van der Waals surface area contributed by atoms with Crippen LogP contribution in [0.15, 0.2) is 41.8 Å². The molecule has 0 radical (unpaired) electrons. The van der Waals surface area contributed by atoms with Crippen molar-refractivity contribution >= 4 is 11.3 Å². The second-order valence-electron chi connectivity index (χ2n) is 4.67. The Hall–Kier alpha value is -1.12. The van der Waals surface area contributed by atoms with Gasteiger partial charge in [-0.2, -0.15) is 0 Å². The highest BCUT2D eigenvalue weighted by Crippen LogP contribution is 2.23. The molecule has 1 nitrogen and oxygen atoms in total. The van der Waals surface area contributed by atoms with Gasteiger partial charge in [0.25, 0.3) is 0 Å². The van der Waals surface area contributed by atoms with Crippen molar-refractivity contribution in [1.82, 2.24) is 5.32 Å². The van der Waals surface area contributed by atoms with Crippen molar-refractivity contribution in [1.29, 1.82) is 0 Å². The van der Waals surface area contributed by atoms with Crippen LogP contribution in [0.4, 0.5) is 0 Å². The van der Waals surface area contributed by atoms with Crippen molar-refractivity contribution in [2.24, 2.45) is 0 Å². The van der Waals surface area contributed by atoms with Gasteiger partial charge in [0.15, 0.2) is 0 Å². The van der Waals surface area contributed by atoms with E-state index in [-0.39, 0.29) is 0 Å². The molecular weight excluding hydrogens is 238 g/mol. The van der Waals surface area contributed by atoms with Gasteiger partial charge in [0.1, 0.15) is 0 Å². The Kier molecular flexibility index (Phi) is 4.97. The van der Waals surface area contributed by atoms with Crippen LogP contribution >= 0.6 is 11.3 Å². The van der Waals surface area contributed by atoms with Gasteiger partial charge in [-0.3, -0.25) is 0 Å². The molecule has 0 aliphatic carbocycles. The highest BCUT2D eigenvalue weighted by molar-refractivity contribution is 7.09. The Morgan fingerprint density at radius 3 is 2.67 bits per heavy atom. The molecule has 0 spiro atoms. The largest absolute Gasteiger partial charge is 0.313 e. The lowest BCUT2D eigenvalue weighted by molar-refractivity contribution is 0.526. The SMILES string of the molecule is CNC(CCCc1cccs1)c1ccccc1C. The van der Waals surface area contributed by atoms with Crippen LogP contribution < -0.4 is 5.32 Å². The summed E-state index contributed by atoms with van der Waals surface area (Å²) in [5, 5.41) is 5.60. The second-order valence-corrected chi connectivity index (χ2v) is 5.70. The number of hydrogen-bond acceptors (Lipinski definition) is 2. The van der Waals surface area contributed by atoms with Gasteiger partial charge in [-0.15, -0.1) is 11.3 Å². The maximum absolute atomic E-state index is 3.44. The lowest BCUT2D eigenvalue weighted by Gasteiger charge is -2.18. The van der Waals surface area contributed by atoms with E-state index in [9.17, 15) is 0 Å². The quantitative estimate of drug-likeness (QED) is 0.813. The molecule has 1 heterocycles. The summed E-state index contributed by atoms with van der Waals surface area (Å²) in [5.74, 6) is 0. The van der Waals surface area contributed by atoms with Gasteiger partial charge >= 0.3 is 0 Å². The second kappa shape index (κ2) is 6.72. The summed E-state index contributed by atoms with van der Waals surface area (Å²) in [6.45, 7) is 2.19. The van der Waals surface area contributed by atoms with Gasteiger partial charge < -0.3 is 5.32 Å². The lowest BCUT2D eigenvalue weighted by Crippen LogP contribution is -2.17. The number of hydrogen-bond donors (Lipinski definition) is 1. The van der Waals surface area contributed by atoms with Crippen molar-refractivity contribution in [3.8, 4) is 0 Å². The summed E-state index contributed by atoms with van der Waals surface area (Å²) in [6, 6.07) is 13.5. The monoisotopic (exact) mass is 259 g/mol. The molecule has 1 atom stereocenters. The smallest absolute Gasteiger partial charge is 0.0320 e. The van der Waals surface area contributed by atoms with Crippen molar-refractivity contribution in [3.05, 3.63) is 57.8 Å². The molecule has 0 bridgehead atoms. The van der Waals surface area contributed by atoms with E-state index >= 15 is 0 Å². The molecule has 18 heavy (non-hydrogen) atoms. The molecule has 0 saturated carbocycles. The van der Waals surface area contributed by atoms with Gasteiger partial charge in [0.2, 0.25) is 0 Å². The molecule has 1 aromatic carbocycles. The van der Waals surface area contributed by atoms with Crippen LogP contribution in [0.5, 0.6) is 0 Å². The molecule has 1 N–H and O–H groups in total. The summed E-state index contributed by atoms with van der Waals surface area (Å²) in [7, 11) is 2.06. The fraction of sp³-hybridized carbons (Fsp3) is 0.375. The third kappa shape index (κ3) is 3.44. The summed E-state index contributed by atoms with van der Waals surface area (Å²) in [5.41, 5.74) is 2.82. The first-order valence-corrected chi connectivity index (χ1v) is 7.44. The summed E-state index contributed by atoms with van der Waals surface area (Å²) >= 11 is 1.86. The first kappa shape index (κ1) is 13.3. The molecule has 0 fully saturated rings. The fourth-order valence-corrected chi connectivity index (χ4v) is 3.12. The number of rotatable bonds is 6. The normalized spacial score (nSPS) is 12.6. The van der Waals surface area contributed by atoms with E-state index in [4.69, 9.17) is 0 Å². The molecule has 1 unspecified atom stereocenters. The molecule has 0 saturated heterocycles. The van der Waals surface area contributed by atoms with Crippen LogP contribution in [0.25, 0.3) is 0 Å². The Morgan fingerprint density at radius 2 is 2.00 bits per heavy atom. The van der Waals surface area contributed by atoms with Crippen LogP contribution in [0.1, 0.15) is 34.9 Å². The molecule has 2 aromatic rings. The number of thiophene rings is 1. The van der Waals surface area contributed by atoms with Gasteiger partial charge in [0.05, 0.1) is 0 Å². The predicted molar refractivity (Wildman–Crippen MR) is 80.2 cm³/mol. The van der Waals surface area contributed by atoms with Crippen molar-refractivity contribution in [2.75, 3.05) is 7.05 Å². The lowest BCUT2D eigenvalue weighted by atomic mass is 9.97. The molecule has 96 valence electrons. The third-order valence-corrected chi connectivity index (χ3v) is 4.34. The van der Waals surface area contributed by atoms with Crippen LogP contribution in [-0.4, -0.2) is 7.05 Å². The standard InChI is InChI=1S/C16H21NS/c1-13-7-3-4-10-15(13)16(17-2)11-5-8-14-9-6-12-18-14/h3-4,6-7,9-10,12,16-17H,5,8,11H2,1-2H3. The van der Waals surface area contributed by atoms with Crippen LogP contribution in [0.2, 0.25) is 0 Å². The maximum Gasteiger partial charge on any atom is 0.0320 e. The minimum atomic E-state index is 0.478. The predicted octanol–water partition coefficient (Wildman–Crippen LogP) is 4.34. The molecule has 0 aliphatic rings. The first-order valence-electron chi connectivity index (χ1n) is 6.56. The van der Waals surface area contributed by atoms with E-state index in [0.717, 1.165) is 0 Å². The van der Waals surface area contributed by atoms with E-state index in [1.54, 1.807) is 0 Å². The van der Waals surface area contributed by atoms with Crippen molar-refractivity contribution in [3.63, 3.8) is 0 Å². The van der Waals surface area contributed by atoms with E-state index in [1.807, 2.05) is 11.3 Å². The van der Waals surface area contributed by atoms with E-state index < -0.39 is 0 Å². The zero-order valence-electron chi connectivity index (χ0n) is 11.1. The zero-order valence-corrected chi connectivity index (χ0v) is 12.0. The van der Waals surface area contributed by atoms with Crippen molar-refractivity contribution < 1.29 is 0 Å². The molecule has 1 aromatic heterocycles. The van der Waals surface area contributed by atoms with E-state index in [1.165, 1.54) is 35.3 Å². The van der Waals surface area contributed by atoms with E-state index in [2.05, 4.69) is 61.1 Å². The Labute approximate surface area is 114 Å². The van der Waals surface area contributed by atoms with Gasteiger partial charge in [-0.05, 0) is 55.8 Å². The van der Waals surface area contributed by atoms with Crippen molar-refractivity contribution in [2.45, 2.75) is 32.2 Å². The topological polar surface area (TPSA) is 12.0 Å². The molecule has 0 aliphatic heterocycles. The summed E-state index contributed by atoms with van der Waals surface area (Å²) in [4.78, 5) is 1.50. The zero-order chi connectivity index (χ0) is 12.8. The van der Waals surface area contributed by atoms with Crippen LogP contribution in [-0.2, 0) is 6.42 Å². The number of benzene rings is 1. The summed E-state index contributed by atoms with van der Waals surface area (Å²) < 4.78 is 0. The van der Waals surface area contributed by atoms with Gasteiger partial charge in [0, 0.05) is 10.9 Å². The number of aryl methyl sites for hydroxylation is 2. The average Bonchev–Trinajstić information content (AvgIpc) is 2.89. The Morgan fingerprint density at radius 1 is 1.17 bits per heavy atom. The minimum absolute atomic E-state index is 0.478. The highest BCUT2D eigenvalue weighted by Gasteiger charge is 2.10. The molecule has 2 heteroatoms. The molecule has 2 rings (SSSR count). The van der Waals surface area contributed by atoms with Crippen LogP contribution in [0.3, 0.4) is 0 Å². The molecule has 0 amide bonds. The Balaban J connectivity index is 1.91. The molecular formula is C16H21NS. The summed E-state index contributed by atoms with van der Waals surface area (Å²) in [6.07, 6.45) is 3.63. The minimum Gasteiger partial charge on any atom is -0.313 e. The maximum atomic E-state index is 3.44. The number of nitrogens with one attached hydrogen (secondary N) is 1. The fourth-order valence-electron chi connectivity index (χ4n) is 2.37. The van der Waals surface area contributed by atoms with Gasteiger partial charge in [-0.1, -0.05) is 30.3 Å². The van der Waals surface area contributed by atoms with Gasteiger partial charge in [-0.25, -0.2) is 0 Å². The van der Waals surface area contributed by atoms with E-state index in [0.29, 0.717) is 6.04 Å². The average molecular weight is 259 g/mol. The van der Waals surface area contributed by atoms with Crippen LogP contribution in [0, 0.1) is 6.92 Å². The Bertz CT molecular complexity index is 462.